The molecule has 0 atom stereocenters. The van der Waals surface area contributed by atoms with E-state index in [1.165, 1.54) is 0 Å². The van der Waals surface area contributed by atoms with E-state index in [2.05, 4.69) is 25.7 Å². The lowest BCUT2D eigenvalue weighted by atomic mass is 9.86. The van der Waals surface area contributed by atoms with Gasteiger partial charge in [0, 0.05) is 6.54 Å². The fourth-order valence-corrected chi connectivity index (χ4v) is 1.74. The SMILES string of the molecule is CN(C)CCCOC(=O)c1cccc(C(C)(C)C)c1. The molecule has 3 heteroatoms. The van der Waals surface area contributed by atoms with Crippen LogP contribution in [0.2, 0.25) is 0 Å². The maximum Gasteiger partial charge on any atom is 0.338 e. The van der Waals surface area contributed by atoms with Crippen LogP contribution in [0, 0.1) is 0 Å². The van der Waals surface area contributed by atoms with Gasteiger partial charge in [-0.2, -0.15) is 0 Å². The summed E-state index contributed by atoms with van der Waals surface area (Å²) in [6, 6.07) is 7.69. The molecule has 0 amide bonds. The van der Waals surface area contributed by atoms with Crippen LogP contribution >= 0.6 is 0 Å². The van der Waals surface area contributed by atoms with Crippen LogP contribution < -0.4 is 0 Å². The van der Waals surface area contributed by atoms with Crippen molar-refractivity contribution in [3.8, 4) is 0 Å². The fourth-order valence-electron chi connectivity index (χ4n) is 1.74. The lowest BCUT2D eigenvalue weighted by Gasteiger charge is -2.19. The zero-order chi connectivity index (χ0) is 14.5. The number of hydrogen-bond acceptors (Lipinski definition) is 3. The molecule has 106 valence electrons. The highest BCUT2D eigenvalue weighted by molar-refractivity contribution is 5.89. The molecular formula is C16H25NO2. The molecule has 19 heavy (non-hydrogen) atoms. The molecule has 0 aliphatic carbocycles. The topological polar surface area (TPSA) is 29.5 Å². The Bertz CT molecular complexity index is 419. The van der Waals surface area contributed by atoms with E-state index in [9.17, 15) is 4.79 Å². The van der Waals surface area contributed by atoms with Crippen molar-refractivity contribution in [3.63, 3.8) is 0 Å². The van der Waals surface area contributed by atoms with Gasteiger partial charge in [0.1, 0.15) is 0 Å². The molecule has 0 aliphatic heterocycles. The lowest BCUT2D eigenvalue weighted by Crippen LogP contribution is -2.17. The van der Waals surface area contributed by atoms with Crippen LogP contribution in [0.4, 0.5) is 0 Å². The molecule has 3 nitrogen and oxygen atoms in total. The van der Waals surface area contributed by atoms with E-state index >= 15 is 0 Å². The van der Waals surface area contributed by atoms with E-state index in [4.69, 9.17) is 4.74 Å². The molecule has 0 saturated carbocycles. The van der Waals surface area contributed by atoms with Gasteiger partial charge in [-0.3, -0.25) is 0 Å². The quantitative estimate of drug-likeness (QED) is 0.604. The summed E-state index contributed by atoms with van der Waals surface area (Å²) < 4.78 is 5.28. The molecule has 0 fully saturated rings. The van der Waals surface area contributed by atoms with Crippen molar-refractivity contribution in [2.45, 2.75) is 32.6 Å². The molecule has 1 aromatic carbocycles. The minimum absolute atomic E-state index is 0.0429. The summed E-state index contributed by atoms with van der Waals surface area (Å²) in [7, 11) is 4.02. The van der Waals surface area contributed by atoms with E-state index in [1.54, 1.807) is 0 Å². The summed E-state index contributed by atoms with van der Waals surface area (Å²) in [5.74, 6) is -0.232. The number of carbonyl (C=O) groups excluding carboxylic acids is 1. The largest absolute Gasteiger partial charge is 0.462 e. The highest BCUT2D eigenvalue weighted by Gasteiger charge is 2.16. The van der Waals surface area contributed by atoms with Gasteiger partial charge in [0.25, 0.3) is 0 Å². The van der Waals surface area contributed by atoms with Crippen LogP contribution in [0.25, 0.3) is 0 Å². The average molecular weight is 263 g/mol. The van der Waals surface area contributed by atoms with Crippen molar-refractivity contribution in [2.24, 2.45) is 0 Å². The summed E-state index contributed by atoms with van der Waals surface area (Å²) in [6.07, 6.45) is 0.859. The van der Waals surface area contributed by atoms with Crippen LogP contribution in [0.5, 0.6) is 0 Å². The van der Waals surface area contributed by atoms with Crippen molar-refractivity contribution in [1.82, 2.24) is 4.90 Å². The smallest absolute Gasteiger partial charge is 0.338 e. The molecule has 1 rings (SSSR count). The van der Waals surface area contributed by atoms with E-state index in [0.717, 1.165) is 18.5 Å². The first kappa shape index (κ1) is 15.7. The first-order valence-corrected chi connectivity index (χ1v) is 6.73. The van der Waals surface area contributed by atoms with Crippen LogP contribution in [-0.2, 0) is 10.2 Å². The third kappa shape index (κ3) is 5.43. The summed E-state index contributed by atoms with van der Waals surface area (Å²) >= 11 is 0. The van der Waals surface area contributed by atoms with Gasteiger partial charge in [-0.25, -0.2) is 4.79 Å². The number of nitrogens with zero attached hydrogens (tertiary/aromatic N) is 1. The number of hydrogen-bond donors (Lipinski definition) is 0. The molecule has 0 saturated heterocycles. The van der Waals surface area contributed by atoms with Crippen molar-refractivity contribution in [1.29, 1.82) is 0 Å². The van der Waals surface area contributed by atoms with Crippen molar-refractivity contribution < 1.29 is 9.53 Å². The molecule has 0 bridgehead atoms. The van der Waals surface area contributed by atoms with Crippen LogP contribution in [0.3, 0.4) is 0 Å². The zero-order valence-corrected chi connectivity index (χ0v) is 12.7. The van der Waals surface area contributed by atoms with Gasteiger partial charge in [0.05, 0.1) is 12.2 Å². The third-order valence-electron chi connectivity index (χ3n) is 2.95. The summed E-state index contributed by atoms with van der Waals surface area (Å²) in [5, 5.41) is 0. The third-order valence-corrected chi connectivity index (χ3v) is 2.95. The maximum absolute atomic E-state index is 11.9. The highest BCUT2D eigenvalue weighted by Crippen LogP contribution is 2.23. The van der Waals surface area contributed by atoms with Gasteiger partial charge in [0.2, 0.25) is 0 Å². The van der Waals surface area contributed by atoms with Crippen LogP contribution in [0.1, 0.15) is 43.1 Å². The minimum atomic E-state index is -0.232. The first-order chi connectivity index (χ1) is 8.80. The first-order valence-electron chi connectivity index (χ1n) is 6.73. The van der Waals surface area contributed by atoms with Gasteiger partial charge in [-0.1, -0.05) is 32.9 Å². The Labute approximate surface area is 116 Å². The van der Waals surface area contributed by atoms with Crippen LogP contribution in [0.15, 0.2) is 24.3 Å². The van der Waals surface area contributed by atoms with Crippen molar-refractivity contribution in [3.05, 3.63) is 35.4 Å². The second kappa shape index (κ2) is 6.71. The van der Waals surface area contributed by atoms with Crippen molar-refractivity contribution in [2.75, 3.05) is 27.2 Å². The Morgan fingerprint density at radius 3 is 2.53 bits per heavy atom. The Kier molecular flexibility index (Phi) is 5.55. The monoisotopic (exact) mass is 263 g/mol. The molecular weight excluding hydrogens is 238 g/mol. The summed E-state index contributed by atoms with van der Waals surface area (Å²) in [6.45, 7) is 7.80. The van der Waals surface area contributed by atoms with Gasteiger partial charge in [-0.15, -0.1) is 0 Å². The molecule has 1 aromatic rings. The number of esters is 1. The highest BCUT2D eigenvalue weighted by atomic mass is 16.5. The Morgan fingerprint density at radius 1 is 1.26 bits per heavy atom. The van der Waals surface area contributed by atoms with E-state index < -0.39 is 0 Å². The number of ether oxygens (including phenoxy) is 1. The minimum Gasteiger partial charge on any atom is -0.462 e. The predicted octanol–water partition coefficient (Wildman–Crippen LogP) is 3.09. The van der Waals surface area contributed by atoms with Gasteiger partial charge in [0.15, 0.2) is 0 Å². The van der Waals surface area contributed by atoms with Gasteiger partial charge in [-0.05, 0) is 43.6 Å². The van der Waals surface area contributed by atoms with E-state index in [1.807, 2.05) is 38.4 Å². The second-order valence-electron chi connectivity index (χ2n) is 6.12. The lowest BCUT2D eigenvalue weighted by molar-refractivity contribution is 0.0493. The molecule has 0 radical (unpaired) electrons. The molecule has 0 aliphatic rings. The molecule has 0 heterocycles. The normalized spacial score (nSPS) is 11.7. The summed E-state index contributed by atoms with van der Waals surface area (Å²) in [4.78, 5) is 14.0. The van der Waals surface area contributed by atoms with E-state index in [-0.39, 0.29) is 11.4 Å². The number of benzene rings is 1. The van der Waals surface area contributed by atoms with Gasteiger partial charge >= 0.3 is 5.97 Å². The average Bonchev–Trinajstić information content (AvgIpc) is 2.33. The van der Waals surface area contributed by atoms with E-state index in [0.29, 0.717) is 12.2 Å². The van der Waals surface area contributed by atoms with Crippen molar-refractivity contribution >= 4 is 5.97 Å². The number of rotatable bonds is 5. The van der Waals surface area contributed by atoms with Crippen LogP contribution in [-0.4, -0.2) is 38.1 Å². The van der Waals surface area contributed by atoms with Gasteiger partial charge < -0.3 is 9.64 Å². The second-order valence-corrected chi connectivity index (χ2v) is 6.12. The summed E-state index contributed by atoms with van der Waals surface area (Å²) in [5.41, 5.74) is 1.83. The molecule has 0 spiro atoms. The Balaban J connectivity index is 2.58. The fraction of sp³-hybridized carbons (Fsp3) is 0.562. The zero-order valence-electron chi connectivity index (χ0n) is 12.7. The maximum atomic E-state index is 11.9. The standard InChI is InChI=1S/C16H25NO2/c1-16(2,3)14-9-6-8-13(12-14)15(18)19-11-7-10-17(4)5/h6,8-9,12H,7,10-11H2,1-5H3. The molecule has 0 aromatic heterocycles. The Morgan fingerprint density at radius 2 is 1.95 bits per heavy atom. The number of carbonyl (C=O) groups is 1. The molecule has 0 unspecified atom stereocenters. The molecule has 0 N–H and O–H groups in total. The Hall–Kier alpha value is -1.35. The predicted molar refractivity (Wildman–Crippen MR) is 78.6 cm³/mol.